The van der Waals surface area contributed by atoms with E-state index in [4.69, 9.17) is 5.84 Å². The van der Waals surface area contributed by atoms with Gasteiger partial charge >= 0.3 is 0 Å². The van der Waals surface area contributed by atoms with Gasteiger partial charge in [0.1, 0.15) is 11.4 Å². The molecule has 0 bridgehead atoms. The van der Waals surface area contributed by atoms with E-state index in [-0.39, 0.29) is 28.4 Å². The Labute approximate surface area is 114 Å². The number of fused-ring (bicyclic) bond motifs is 3. The van der Waals surface area contributed by atoms with Crippen molar-refractivity contribution >= 4 is 17.2 Å². The average molecular weight is 278 g/mol. The van der Waals surface area contributed by atoms with Crippen LogP contribution in [0.15, 0.2) is 34.6 Å². The molecular weight excluding hydrogens is 266 g/mol. The summed E-state index contributed by atoms with van der Waals surface area (Å²) in [6.07, 6.45) is 0. The van der Waals surface area contributed by atoms with Crippen molar-refractivity contribution in [2.45, 2.75) is 13.8 Å². The highest BCUT2D eigenvalue weighted by Gasteiger charge is 2.37. The van der Waals surface area contributed by atoms with Crippen molar-refractivity contribution < 1.29 is 13.6 Å². The van der Waals surface area contributed by atoms with E-state index in [0.29, 0.717) is 0 Å². The van der Waals surface area contributed by atoms with Gasteiger partial charge in [-0.1, -0.05) is 20.4 Å². The topological polar surface area (TPSA) is 71.0 Å². The van der Waals surface area contributed by atoms with Crippen LogP contribution >= 0.6 is 0 Å². The van der Waals surface area contributed by atoms with Crippen LogP contribution in [0, 0.1) is 11.6 Å². The molecule has 0 saturated carbocycles. The molecule has 1 aromatic rings. The second kappa shape index (κ2) is 4.93. The van der Waals surface area contributed by atoms with Crippen LogP contribution in [0.5, 0.6) is 0 Å². The third-order valence-corrected chi connectivity index (χ3v) is 2.71. The van der Waals surface area contributed by atoms with Crippen molar-refractivity contribution in [1.82, 2.24) is 5.12 Å². The number of nitrogens with zero attached hydrogens (tertiary/aromatic N) is 3. The minimum atomic E-state index is -1.09. The summed E-state index contributed by atoms with van der Waals surface area (Å²) in [4.78, 5) is 15.8. The fourth-order valence-electron chi connectivity index (χ4n) is 1.84. The maximum atomic E-state index is 13.2. The molecule has 1 heterocycles. The van der Waals surface area contributed by atoms with E-state index in [9.17, 15) is 13.6 Å². The van der Waals surface area contributed by atoms with E-state index in [2.05, 4.69) is 16.7 Å². The molecule has 1 aliphatic heterocycles. The number of aliphatic imine (C=N–C) groups is 1. The summed E-state index contributed by atoms with van der Waals surface area (Å²) in [5.41, 5.74) is 0.334. The van der Waals surface area contributed by atoms with Gasteiger partial charge in [0, 0.05) is 11.1 Å². The van der Waals surface area contributed by atoms with Gasteiger partial charge in [0.2, 0.25) is 5.78 Å². The number of ketones is 1. The van der Waals surface area contributed by atoms with Crippen LogP contribution in [-0.2, 0) is 0 Å². The lowest BCUT2D eigenvalue weighted by atomic mass is 10.1. The molecule has 0 amide bonds. The van der Waals surface area contributed by atoms with Gasteiger partial charge in [0.05, 0.1) is 0 Å². The Morgan fingerprint density at radius 2 is 1.70 bits per heavy atom. The molecule has 104 valence electrons. The summed E-state index contributed by atoms with van der Waals surface area (Å²) in [6, 6.07) is 1.74. The first kappa shape index (κ1) is 14.0. The first-order valence-electron chi connectivity index (χ1n) is 5.94. The van der Waals surface area contributed by atoms with Gasteiger partial charge < -0.3 is 0 Å². The SMILES string of the molecule is C=C1N=C2C(=O)c3cc(F)c(F)cc3C2=NN1N.CC. The van der Waals surface area contributed by atoms with Crippen molar-refractivity contribution in [3.05, 3.63) is 47.3 Å². The molecule has 7 heteroatoms. The van der Waals surface area contributed by atoms with Crippen LogP contribution in [0.4, 0.5) is 8.78 Å². The third-order valence-electron chi connectivity index (χ3n) is 2.71. The maximum Gasteiger partial charge on any atom is 0.214 e. The Hall–Kier alpha value is -2.41. The number of hydrazine groups is 1. The number of hydrazone groups is 1. The van der Waals surface area contributed by atoms with E-state index < -0.39 is 17.4 Å². The smallest absolute Gasteiger partial charge is 0.214 e. The molecular formula is C13H12F2N4O. The maximum absolute atomic E-state index is 13.2. The zero-order valence-corrected chi connectivity index (χ0v) is 10.9. The summed E-state index contributed by atoms with van der Waals surface area (Å²) in [6.45, 7) is 7.49. The van der Waals surface area contributed by atoms with Crippen LogP contribution < -0.4 is 5.84 Å². The quantitative estimate of drug-likeness (QED) is 0.738. The Morgan fingerprint density at radius 3 is 2.30 bits per heavy atom. The highest BCUT2D eigenvalue weighted by molar-refractivity contribution is 6.78. The largest absolute Gasteiger partial charge is 0.287 e. The van der Waals surface area contributed by atoms with Gasteiger partial charge in [-0.2, -0.15) is 10.2 Å². The average Bonchev–Trinajstić information content (AvgIpc) is 2.67. The molecule has 3 rings (SSSR count). The van der Waals surface area contributed by atoms with Gasteiger partial charge in [0.25, 0.3) is 0 Å². The lowest BCUT2D eigenvalue weighted by molar-refractivity contribution is 0.106. The van der Waals surface area contributed by atoms with Gasteiger partial charge in [-0.3, -0.25) is 4.79 Å². The molecule has 0 unspecified atom stereocenters. The fourth-order valence-corrected chi connectivity index (χ4v) is 1.84. The normalized spacial score (nSPS) is 15.9. The Morgan fingerprint density at radius 1 is 1.15 bits per heavy atom. The highest BCUT2D eigenvalue weighted by atomic mass is 19.2. The van der Waals surface area contributed by atoms with Crippen LogP contribution in [0.2, 0.25) is 0 Å². The first-order chi connectivity index (χ1) is 9.49. The first-order valence-corrected chi connectivity index (χ1v) is 5.94. The number of halogens is 2. The molecule has 0 spiro atoms. The number of benzene rings is 1. The molecule has 0 atom stereocenters. The predicted octanol–water partition coefficient (Wildman–Crippen LogP) is 1.99. The third kappa shape index (κ3) is 1.92. The van der Waals surface area contributed by atoms with E-state index in [0.717, 1.165) is 17.3 Å². The molecule has 0 fully saturated rings. The molecule has 20 heavy (non-hydrogen) atoms. The number of carbonyl (C=O) groups excluding carboxylic acids is 1. The summed E-state index contributed by atoms with van der Waals surface area (Å²) >= 11 is 0. The molecule has 2 aliphatic rings. The molecule has 0 aromatic heterocycles. The zero-order chi connectivity index (χ0) is 15.0. The van der Waals surface area contributed by atoms with Gasteiger partial charge in [-0.25, -0.2) is 19.6 Å². The van der Waals surface area contributed by atoms with Gasteiger partial charge in [-0.15, -0.1) is 0 Å². The lowest BCUT2D eigenvalue weighted by Crippen LogP contribution is -2.32. The Bertz CT molecular complexity index is 679. The second-order valence-electron chi connectivity index (χ2n) is 3.81. The number of rotatable bonds is 0. The summed E-state index contributed by atoms with van der Waals surface area (Å²) < 4.78 is 26.3. The van der Waals surface area contributed by atoms with Gasteiger partial charge in [0.15, 0.2) is 17.5 Å². The lowest BCUT2D eigenvalue weighted by Gasteiger charge is -2.17. The minimum Gasteiger partial charge on any atom is -0.287 e. The van der Waals surface area contributed by atoms with Crippen LogP contribution in [0.1, 0.15) is 29.8 Å². The number of nitrogens with two attached hydrogens (primary N) is 1. The molecule has 1 aromatic carbocycles. The van der Waals surface area contributed by atoms with Crippen molar-refractivity contribution in [2.24, 2.45) is 15.9 Å². The molecule has 0 radical (unpaired) electrons. The number of hydrogen-bond donors (Lipinski definition) is 1. The number of Topliss-reactive ketones (excluding diaryl/α,β-unsaturated/α-hetero) is 1. The zero-order valence-electron chi connectivity index (χ0n) is 10.9. The summed E-state index contributed by atoms with van der Waals surface area (Å²) in [5.74, 6) is 2.88. The molecule has 2 N–H and O–H groups in total. The van der Waals surface area contributed by atoms with Crippen molar-refractivity contribution in [3.63, 3.8) is 0 Å². The van der Waals surface area contributed by atoms with Crippen LogP contribution in [0.25, 0.3) is 0 Å². The predicted molar refractivity (Wildman–Crippen MR) is 71.2 cm³/mol. The van der Waals surface area contributed by atoms with E-state index in [1.54, 1.807) is 0 Å². The van der Waals surface area contributed by atoms with E-state index in [1.807, 2.05) is 13.8 Å². The highest BCUT2D eigenvalue weighted by Crippen LogP contribution is 2.27. The number of carbonyl (C=O) groups is 1. The van der Waals surface area contributed by atoms with Crippen molar-refractivity contribution in [2.75, 3.05) is 0 Å². The number of hydrogen-bond acceptors (Lipinski definition) is 5. The van der Waals surface area contributed by atoms with Crippen molar-refractivity contribution in [1.29, 1.82) is 0 Å². The molecule has 1 aliphatic carbocycles. The summed E-state index contributed by atoms with van der Waals surface area (Å²) in [7, 11) is 0. The minimum absolute atomic E-state index is 0.00157. The fraction of sp³-hybridized carbons (Fsp3) is 0.154. The summed E-state index contributed by atoms with van der Waals surface area (Å²) in [5, 5.41) is 4.75. The van der Waals surface area contributed by atoms with E-state index >= 15 is 0 Å². The second-order valence-corrected chi connectivity index (χ2v) is 3.81. The monoisotopic (exact) mass is 278 g/mol. The van der Waals surface area contributed by atoms with Crippen LogP contribution in [0.3, 0.4) is 0 Å². The standard InChI is InChI=1S/C11H6F2N4O.C2H6/c1-4-15-10-9(16-17(4)14)5-2-7(12)8(13)3-6(5)11(10)18;1-2/h2-3H,1,14H2;1-2H3. The molecule has 5 nitrogen and oxygen atoms in total. The van der Waals surface area contributed by atoms with E-state index in [1.165, 1.54) is 0 Å². The molecule has 0 saturated heterocycles. The van der Waals surface area contributed by atoms with Crippen molar-refractivity contribution in [3.8, 4) is 0 Å². The Balaban J connectivity index is 0.000000704. The van der Waals surface area contributed by atoms with Gasteiger partial charge in [-0.05, 0) is 12.1 Å². The Kier molecular flexibility index (Phi) is 3.46. The van der Waals surface area contributed by atoms with Crippen LogP contribution in [-0.4, -0.2) is 22.3 Å².